The van der Waals surface area contributed by atoms with Crippen LogP contribution in [0.3, 0.4) is 0 Å². The molecule has 1 fully saturated rings. The van der Waals surface area contributed by atoms with Crippen molar-refractivity contribution in [1.82, 2.24) is 10.6 Å². The SMILES string of the molecule is CC(C)(C)NC(=O)CNC1CC1. The number of carbonyl (C=O) groups is 1. The Morgan fingerprint density at radius 1 is 1.42 bits per heavy atom. The van der Waals surface area contributed by atoms with Gasteiger partial charge in [0.25, 0.3) is 0 Å². The van der Waals surface area contributed by atoms with Crippen LogP contribution in [0.15, 0.2) is 0 Å². The molecule has 0 aromatic carbocycles. The summed E-state index contributed by atoms with van der Waals surface area (Å²) in [6, 6.07) is 0.607. The Kier molecular flexibility index (Phi) is 2.73. The number of nitrogens with one attached hydrogen (secondary N) is 2. The number of rotatable bonds is 3. The first-order valence-electron chi connectivity index (χ1n) is 4.52. The van der Waals surface area contributed by atoms with Gasteiger partial charge in [-0.2, -0.15) is 0 Å². The minimum Gasteiger partial charge on any atom is -0.350 e. The van der Waals surface area contributed by atoms with Crippen molar-refractivity contribution >= 4 is 5.91 Å². The molecule has 3 nitrogen and oxygen atoms in total. The lowest BCUT2D eigenvalue weighted by molar-refractivity contribution is -0.121. The van der Waals surface area contributed by atoms with Crippen molar-refractivity contribution in [3.05, 3.63) is 0 Å². The summed E-state index contributed by atoms with van der Waals surface area (Å²) < 4.78 is 0. The van der Waals surface area contributed by atoms with Crippen molar-refractivity contribution in [2.45, 2.75) is 45.2 Å². The van der Waals surface area contributed by atoms with Gasteiger partial charge in [-0.3, -0.25) is 4.79 Å². The van der Waals surface area contributed by atoms with Crippen LogP contribution < -0.4 is 10.6 Å². The van der Waals surface area contributed by atoms with Gasteiger partial charge in [0, 0.05) is 11.6 Å². The normalized spacial score (nSPS) is 17.6. The second-order valence-electron chi connectivity index (χ2n) is 4.45. The fourth-order valence-corrected chi connectivity index (χ4v) is 0.987. The molecule has 0 atom stereocenters. The fraction of sp³-hybridized carbons (Fsp3) is 0.889. The van der Waals surface area contributed by atoms with Gasteiger partial charge in [-0.25, -0.2) is 0 Å². The van der Waals surface area contributed by atoms with Crippen LogP contribution in [0.5, 0.6) is 0 Å². The van der Waals surface area contributed by atoms with Gasteiger partial charge in [0.1, 0.15) is 0 Å². The van der Waals surface area contributed by atoms with Gasteiger partial charge in [0.05, 0.1) is 6.54 Å². The Bertz CT molecular complexity index is 168. The molecule has 1 aliphatic rings. The fourth-order valence-electron chi connectivity index (χ4n) is 0.987. The van der Waals surface area contributed by atoms with Gasteiger partial charge in [0.15, 0.2) is 0 Å². The molecular weight excluding hydrogens is 152 g/mol. The summed E-state index contributed by atoms with van der Waals surface area (Å²) in [5, 5.41) is 6.07. The van der Waals surface area contributed by atoms with E-state index in [1.54, 1.807) is 0 Å². The lowest BCUT2D eigenvalue weighted by Gasteiger charge is -2.20. The maximum absolute atomic E-state index is 11.2. The zero-order chi connectivity index (χ0) is 9.19. The van der Waals surface area contributed by atoms with Crippen LogP contribution in [0, 0.1) is 0 Å². The van der Waals surface area contributed by atoms with Crippen molar-refractivity contribution in [3.63, 3.8) is 0 Å². The third-order valence-electron chi connectivity index (χ3n) is 1.64. The van der Waals surface area contributed by atoms with E-state index in [1.807, 2.05) is 20.8 Å². The quantitative estimate of drug-likeness (QED) is 0.653. The summed E-state index contributed by atoms with van der Waals surface area (Å²) in [6.07, 6.45) is 2.45. The predicted octanol–water partition coefficient (Wildman–Crippen LogP) is 0.653. The van der Waals surface area contributed by atoms with E-state index in [2.05, 4.69) is 10.6 Å². The Morgan fingerprint density at radius 3 is 2.42 bits per heavy atom. The van der Waals surface area contributed by atoms with Crippen molar-refractivity contribution in [3.8, 4) is 0 Å². The molecular formula is C9H18N2O. The standard InChI is InChI=1S/C9H18N2O/c1-9(2,3)11-8(12)6-10-7-4-5-7/h7,10H,4-6H2,1-3H3,(H,11,12). The number of hydrogen-bond acceptors (Lipinski definition) is 2. The van der Waals surface area contributed by atoms with E-state index in [4.69, 9.17) is 0 Å². The molecule has 0 heterocycles. The summed E-state index contributed by atoms with van der Waals surface area (Å²) in [4.78, 5) is 11.2. The summed E-state index contributed by atoms with van der Waals surface area (Å²) >= 11 is 0. The van der Waals surface area contributed by atoms with E-state index in [9.17, 15) is 4.79 Å². The van der Waals surface area contributed by atoms with Gasteiger partial charge >= 0.3 is 0 Å². The van der Waals surface area contributed by atoms with Crippen LogP contribution >= 0.6 is 0 Å². The van der Waals surface area contributed by atoms with Gasteiger partial charge in [-0.15, -0.1) is 0 Å². The summed E-state index contributed by atoms with van der Waals surface area (Å²) in [5.41, 5.74) is -0.109. The summed E-state index contributed by atoms with van der Waals surface area (Å²) in [7, 11) is 0. The molecule has 70 valence electrons. The molecule has 0 saturated heterocycles. The van der Waals surface area contributed by atoms with Crippen LogP contribution in [-0.2, 0) is 4.79 Å². The van der Waals surface area contributed by atoms with Gasteiger partial charge in [-0.1, -0.05) is 0 Å². The van der Waals surface area contributed by atoms with Crippen LogP contribution in [-0.4, -0.2) is 24.0 Å². The van der Waals surface area contributed by atoms with Gasteiger partial charge in [0.2, 0.25) is 5.91 Å². The first kappa shape index (κ1) is 9.52. The number of carbonyl (C=O) groups excluding carboxylic acids is 1. The Labute approximate surface area is 73.9 Å². The van der Waals surface area contributed by atoms with E-state index in [0.717, 1.165) is 0 Å². The zero-order valence-corrected chi connectivity index (χ0v) is 8.11. The monoisotopic (exact) mass is 170 g/mol. The van der Waals surface area contributed by atoms with E-state index in [0.29, 0.717) is 12.6 Å². The average Bonchev–Trinajstić information content (AvgIpc) is 2.61. The molecule has 0 aromatic rings. The third-order valence-corrected chi connectivity index (χ3v) is 1.64. The Hall–Kier alpha value is -0.570. The highest BCUT2D eigenvalue weighted by Crippen LogP contribution is 2.17. The van der Waals surface area contributed by atoms with Gasteiger partial charge in [-0.05, 0) is 33.6 Å². The topological polar surface area (TPSA) is 41.1 Å². The smallest absolute Gasteiger partial charge is 0.234 e. The Morgan fingerprint density at radius 2 is 2.00 bits per heavy atom. The number of hydrogen-bond donors (Lipinski definition) is 2. The van der Waals surface area contributed by atoms with Crippen LogP contribution in [0.1, 0.15) is 33.6 Å². The lowest BCUT2D eigenvalue weighted by atomic mass is 10.1. The largest absolute Gasteiger partial charge is 0.350 e. The molecule has 1 saturated carbocycles. The highest BCUT2D eigenvalue weighted by molar-refractivity contribution is 5.78. The van der Waals surface area contributed by atoms with Crippen LogP contribution in [0.4, 0.5) is 0 Å². The molecule has 0 unspecified atom stereocenters. The van der Waals surface area contributed by atoms with E-state index < -0.39 is 0 Å². The lowest BCUT2D eigenvalue weighted by Crippen LogP contribution is -2.45. The minimum atomic E-state index is -0.109. The van der Waals surface area contributed by atoms with Crippen LogP contribution in [0.25, 0.3) is 0 Å². The Balaban J connectivity index is 2.10. The van der Waals surface area contributed by atoms with Crippen molar-refractivity contribution in [1.29, 1.82) is 0 Å². The van der Waals surface area contributed by atoms with E-state index in [-0.39, 0.29) is 11.4 Å². The van der Waals surface area contributed by atoms with E-state index >= 15 is 0 Å². The molecule has 0 radical (unpaired) electrons. The molecule has 1 amide bonds. The first-order valence-corrected chi connectivity index (χ1v) is 4.52. The maximum Gasteiger partial charge on any atom is 0.234 e. The minimum absolute atomic E-state index is 0.0920. The maximum atomic E-state index is 11.2. The first-order chi connectivity index (χ1) is 5.47. The van der Waals surface area contributed by atoms with Crippen molar-refractivity contribution in [2.24, 2.45) is 0 Å². The highest BCUT2D eigenvalue weighted by atomic mass is 16.2. The molecule has 1 rings (SSSR count). The predicted molar refractivity (Wildman–Crippen MR) is 48.9 cm³/mol. The highest BCUT2D eigenvalue weighted by Gasteiger charge is 2.22. The number of amides is 1. The van der Waals surface area contributed by atoms with Crippen molar-refractivity contribution < 1.29 is 4.79 Å². The third kappa shape index (κ3) is 4.34. The average molecular weight is 170 g/mol. The second kappa shape index (κ2) is 3.44. The molecule has 0 spiro atoms. The van der Waals surface area contributed by atoms with E-state index in [1.165, 1.54) is 12.8 Å². The zero-order valence-electron chi connectivity index (χ0n) is 8.11. The molecule has 1 aliphatic carbocycles. The molecule has 0 aromatic heterocycles. The summed E-state index contributed by atoms with van der Waals surface area (Å²) in [6.45, 7) is 6.42. The molecule has 3 heteroatoms. The molecule has 12 heavy (non-hydrogen) atoms. The molecule has 0 bridgehead atoms. The molecule has 2 N–H and O–H groups in total. The van der Waals surface area contributed by atoms with Crippen LogP contribution in [0.2, 0.25) is 0 Å². The molecule has 0 aliphatic heterocycles. The second-order valence-corrected chi connectivity index (χ2v) is 4.45. The van der Waals surface area contributed by atoms with Gasteiger partial charge < -0.3 is 10.6 Å². The summed E-state index contributed by atoms with van der Waals surface area (Å²) in [5.74, 6) is 0.0920. The van der Waals surface area contributed by atoms with Crippen molar-refractivity contribution in [2.75, 3.05) is 6.54 Å².